The second-order valence-corrected chi connectivity index (χ2v) is 3.17. The van der Waals surface area contributed by atoms with Crippen molar-refractivity contribution >= 4 is 11.6 Å². The van der Waals surface area contributed by atoms with Gasteiger partial charge >= 0.3 is 0 Å². The highest BCUT2D eigenvalue weighted by atomic mass is 35.5. The molecule has 0 saturated carbocycles. The molecular formula is C12H13ClO2. The number of benzene rings is 1. The maximum atomic E-state index is 5.54. The second-order valence-electron chi connectivity index (χ2n) is 2.79. The normalized spacial score (nSPS) is 9.20. The quantitative estimate of drug-likeness (QED) is 0.445. The highest BCUT2D eigenvalue weighted by Crippen LogP contribution is 2.16. The summed E-state index contributed by atoms with van der Waals surface area (Å²) in [5.41, 5.74) is 0.861. The number of rotatable bonds is 4. The van der Waals surface area contributed by atoms with Crippen LogP contribution in [0.25, 0.3) is 0 Å². The molecule has 15 heavy (non-hydrogen) atoms. The number of ether oxygens (including phenoxy) is 2. The van der Waals surface area contributed by atoms with Gasteiger partial charge in [-0.25, -0.2) is 0 Å². The molecule has 1 aromatic carbocycles. The minimum absolute atomic E-state index is 0.230. The number of halogens is 1. The van der Waals surface area contributed by atoms with Crippen LogP contribution in [0.15, 0.2) is 24.3 Å². The molecule has 0 N–H and O–H groups in total. The van der Waals surface area contributed by atoms with Gasteiger partial charge in [-0.2, -0.15) is 0 Å². The third-order valence-corrected chi connectivity index (χ3v) is 1.85. The monoisotopic (exact) mass is 224 g/mol. The van der Waals surface area contributed by atoms with Gasteiger partial charge in [-0.1, -0.05) is 24.0 Å². The molecule has 0 saturated heterocycles. The minimum Gasteiger partial charge on any atom is -0.466 e. The van der Waals surface area contributed by atoms with Crippen molar-refractivity contribution in [1.82, 2.24) is 0 Å². The zero-order valence-corrected chi connectivity index (χ0v) is 9.38. The van der Waals surface area contributed by atoms with E-state index in [9.17, 15) is 0 Å². The first-order valence-electron chi connectivity index (χ1n) is 4.64. The molecule has 0 fully saturated rings. The summed E-state index contributed by atoms with van der Waals surface area (Å²) in [5, 5.41) is 0. The first-order chi connectivity index (χ1) is 7.38. The second kappa shape index (κ2) is 7.17. The molecule has 0 aliphatic heterocycles. The van der Waals surface area contributed by atoms with E-state index in [1.165, 1.54) is 0 Å². The zero-order chi connectivity index (χ0) is 10.9. The molecule has 0 amide bonds. The molecule has 0 bridgehead atoms. The van der Waals surface area contributed by atoms with E-state index in [1.54, 1.807) is 7.11 Å². The number of alkyl halides is 1. The average Bonchev–Trinajstić information content (AvgIpc) is 2.28. The molecule has 0 aliphatic rings. The van der Waals surface area contributed by atoms with Crippen molar-refractivity contribution in [3.05, 3.63) is 29.8 Å². The lowest BCUT2D eigenvalue weighted by molar-refractivity contribution is 0.0509. The van der Waals surface area contributed by atoms with E-state index in [4.69, 9.17) is 21.1 Å². The van der Waals surface area contributed by atoms with E-state index in [-0.39, 0.29) is 6.79 Å². The Morgan fingerprint density at radius 3 is 2.87 bits per heavy atom. The van der Waals surface area contributed by atoms with Crippen molar-refractivity contribution in [3.63, 3.8) is 0 Å². The van der Waals surface area contributed by atoms with Gasteiger partial charge < -0.3 is 9.47 Å². The lowest BCUT2D eigenvalue weighted by Crippen LogP contribution is -2.00. The number of methoxy groups -OCH3 is 1. The maximum Gasteiger partial charge on any atom is 0.188 e. The van der Waals surface area contributed by atoms with Crippen LogP contribution in [0.1, 0.15) is 12.0 Å². The van der Waals surface area contributed by atoms with Crippen molar-refractivity contribution < 1.29 is 9.47 Å². The number of hydrogen-bond donors (Lipinski definition) is 0. The van der Waals surface area contributed by atoms with Crippen LogP contribution >= 0.6 is 11.6 Å². The third kappa shape index (κ3) is 4.24. The minimum atomic E-state index is 0.230. The summed E-state index contributed by atoms with van der Waals surface area (Å²) < 4.78 is 10.2. The Bertz CT molecular complexity index is 352. The number of para-hydroxylation sites is 1. The molecule has 2 nitrogen and oxygen atoms in total. The van der Waals surface area contributed by atoms with Gasteiger partial charge in [0.2, 0.25) is 0 Å². The fourth-order valence-corrected chi connectivity index (χ4v) is 1.12. The van der Waals surface area contributed by atoms with Crippen LogP contribution in [-0.4, -0.2) is 19.8 Å². The van der Waals surface area contributed by atoms with Crippen LogP contribution < -0.4 is 4.74 Å². The van der Waals surface area contributed by atoms with Crippen LogP contribution in [0.5, 0.6) is 5.75 Å². The van der Waals surface area contributed by atoms with Crippen molar-refractivity contribution in [2.75, 3.05) is 19.8 Å². The van der Waals surface area contributed by atoms with E-state index in [0.29, 0.717) is 12.3 Å². The lowest BCUT2D eigenvalue weighted by Gasteiger charge is -2.05. The van der Waals surface area contributed by atoms with E-state index in [2.05, 4.69) is 11.8 Å². The highest BCUT2D eigenvalue weighted by Gasteiger charge is 1.98. The van der Waals surface area contributed by atoms with Crippen LogP contribution in [0, 0.1) is 11.8 Å². The van der Waals surface area contributed by atoms with Gasteiger partial charge in [-0.3, -0.25) is 0 Å². The fourth-order valence-electron chi connectivity index (χ4n) is 1.02. The lowest BCUT2D eigenvalue weighted by atomic mass is 10.2. The van der Waals surface area contributed by atoms with E-state index in [0.717, 1.165) is 11.3 Å². The third-order valence-electron chi connectivity index (χ3n) is 1.66. The Labute approximate surface area is 95.2 Å². The fraction of sp³-hybridized carbons (Fsp3) is 0.333. The van der Waals surface area contributed by atoms with Gasteiger partial charge in [0, 0.05) is 19.4 Å². The van der Waals surface area contributed by atoms with Gasteiger partial charge in [-0.05, 0) is 12.1 Å². The highest BCUT2D eigenvalue weighted by molar-refractivity contribution is 6.18. The molecule has 0 spiro atoms. The molecule has 3 heteroatoms. The summed E-state index contributed by atoms with van der Waals surface area (Å²) in [7, 11) is 1.59. The Morgan fingerprint density at radius 2 is 2.13 bits per heavy atom. The molecule has 1 aromatic rings. The Hall–Kier alpha value is -1.17. The van der Waals surface area contributed by atoms with Crippen LogP contribution in [0.3, 0.4) is 0 Å². The summed E-state index contributed by atoms with van der Waals surface area (Å²) in [5.74, 6) is 7.26. The molecule has 0 atom stereocenters. The van der Waals surface area contributed by atoms with Crippen LogP contribution in [0.4, 0.5) is 0 Å². The smallest absolute Gasteiger partial charge is 0.188 e. The standard InChI is InChI=1S/C12H13ClO2/c1-14-10-15-12-8-3-2-6-11(12)7-4-5-9-13/h2-3,6,8H,5,9-10H2,1H3. The van der Waals surface area contributed by atoms with Crippen LogP contribution in [0.2, 0.25) is 0 Å². The molecule has 1 rings (SSSR count). The predicted molar refractivity (Wildman–Crippen MR) is 61.2 cm³/mol. The molecule has 0 aliphatic carbocycles. The molecule has 80 valence electrons. The van der Waals surface area contributed by atoms with Gasteiger partial charge in [-0.15, -0.1) is 11.6 Å². The zero-order valence-electron chi connectivity index (χ0n) is 8.63. The summed E-state index contributed by atoms with van der Waals surface area (Å²) in [6.07, 6.45) is 0.681. The van der Waals surface area contributed by atoms with E-state index < -0.39 is 0 Å². The van der Waals surface area contributed by atoms with E-state index in [1.807, 2.05) is 24.3 Å². The van der Waals surface area contributed by atoms with Gasteiger partial charge in [0.15, 0.2) is 6.79 Å². The SMILES string of the molecule is COCOc1ccccc1C#CCCCl. The van der Waals surface area contributed by atoms with E-state index >= 15 is 0 Å². The first kappa shape index (κ1) is 11.9. The van der Waals surface area contributed by atoms with Crippen molar-refractivity contribution in [1.29, 1.82) is 0 Å². The molecule has 0 aromatic heterocycles. The Morgan fingerprint density at radius 1 is 1.33 bits per heavy atom. The van der Waals surface area contributed by atoms with Gasteiger partial charge in [0.05, 0.1) is 5.56 Å². The van der Waals surface area contributed by atoms with Crippen molar-refractivity contribution in [2.45, 2.75) is 6.42 Å². The first-order valence-corrected chi connectivity index (χ1v) is 5.17. The topological polar surface area (TPSA) is 18.5 Å². The van der Waals surface area contributed by atoms with Crippen LogP contribution in [-0.2, 0) is 4.74 Å². The Kier molecular flexibility index (Phi) is 5.69. The van der Waals surface area contributed by atoms with Gasteiger partial charge in [0.1, 0.15) is 5.75 Å². The van der Waals surface area contributed by atoms with Crippen molar-refractivity contribution in [3.8, 4) is 17.6 Å². The molecule has 0 radical (unpaired) electrons. The predicted octanol–water partition coefficient (Wildman–Crippen LogP) is 2.65. The largest absolute Gasteiger partial charge is 0.466 e. The average molecular weight is 225 g/mol. The summed E-state index contributed by atoms with van der Waals surface area (Å²) in [6.45, 7) is 0.230. The summed E-state index contributed by atoms with van der Waals surface area (Å²) in [4.78, 5) is 0. The molecular weight excluding hydrogens is 212 g/mol. The van der Waals surface area contributed by atoms with Crippen molar-refractivity contribution in [2.24, 2.45) is 0 Å². The maximum absolute atomic E-state index is 5.54. The summed E-state index contributed by atoms with van der Waals surface area (Å²) >= 11 is 5.54. The molecule has 0 unspecified atom stereocenters. The Balaban J connectivity index is 2.73. The summed E-state index contributed by atoms with van der Waals surface area (Å²) in [6, 6.07) is 7.60. The molecule has 0 heterocycles. The number of hydrogen-bond acceptors (Lipinski definition) is 2. The van der Waals surface area contributed by atoms with Gasteiger partial charge in [0.25, 0.3) is 0 Å².